The van der Waals surface area contributed by atoms with Crippen molar-refractivity contribution in [2.24, 2.45) is 0 Å². The molecule has 2 rings (SSSR count). The fraction of sp³-hybridized carbons (Fsp3) is 0.143. The maximum absolute atomic E-state index is 12.3. The minimum absolute atomic E-state index is 0.293. The Bertz CT molecular complexity index is 632. The fourth-order valence-corrected chi connectivity index (χ4v) is 2.04. The lowest BCUT2D eigenvalue weighted by Gasteiger charge is -2.11. The van der Waals surface area contributed by atoms with E-state index in [1.165, 1.54) is 6.20 Å². The van der Waals surface area contributed by atoms with Crippen molar-refractivity contribution in [1.29, 1.82) is 0 Å². The second kappa shape index (κ2) is 6.59. The number of hydrogen-bond acceptors (Lipinski definition) is 3. The molecule has 0 saturated heterocycles. The van der Waals surface area contributed by atoms with Crippen molar-refractivity contribution in [1.82, 2.24) is 4.98 Å². The standard InChI is InChI=1S/C14H13Cl2N3O/c1-2-18-12-5-6-17-8-10(12)14(20)19-13-7-9(15)3-4-11(13)16/h3-8H,2H2,1H3,(H,17,18)(H,19,20). The lowest BCUT2D eigenvalue weighted by molar-refractivity contribution is 0.102. The molecule has 6 heteroatoms. The SMILES string of the molecule is CCNc1ccncc1C(=O)Nc1cc(Cl)ccc1Cl. The number of nitrogens with one attached hydrogen (secondary N) is 2. The van der Waals surface area contributed by atoms with Crippen LogP contribution in [0.5, 0.6) is 0 Å². The molecule has 0 spiro atoms. The number of anilines is 2. The lowest BCUT2D eigenvalue weighted by atomic mass is 10.2. The Morgan fingerprint density at radius 3 is 2.80 bits per heavy atom. The van der Waals surface area contributed by atoms with Crippen LogP contribution in [0.1, 0.15) is 17.3 Å². The van der Waals surface area contributed by atoms with Crippen LogP contribution in [0.4, 0.5) is 11.4 Å². The Hall–Kier alpha value is -1.78. The Kier molecular flexibility index (Phi) is 4.82. The van der Waals surface area contributed by atoms with Gasteiger partial charge in [-0.2, -0.15) is 0 Å². The molecule has 0 aliphatic rings. The van der Waals surface area contributed by atoms with Gasteiger partial charge in [0.1, 0.15) is 0 Å². The second-order valence-corrected chi connectivity index (χ2v) is 4.87. The van der Waals surface area contributed by atoms with Gasteiger partial charge in [0.2, 0.25) is 0 Å². The minimum atomic E-state index is -0.293. The maximum Gasteiger partial charge on any atom is 0.259 e. The van der Waals surface area contributed by atoms with Gasteiger partial charge in [0.05, 0.1) is 22.0 Å². The topological polar surface area (TPSA) is 54.0 Å². The van der Waals surface area contributed by atoms with Crippen LogP contribution in [-0.4, -0.2) is 17.4 Å². The van der Waals surface area contributed by atoms with E-state index in [0.717, 1.165) is 5.69 Å². The van der Waals surface area contributed by atoms with Crippen LogP contribution in [0.15, 0.2) is 36.7 Å². The van der Waals surface area contributed by atoms with Crippen molar-refractivity contribution in [2.75, 3.05) is 17.2 Å². The highest BCUT2D eigenvalue weighted by Gasteiger charge is 2.13. The quantitative estimate of drug-likeness (QED) is 0.895. The third-order valence-corrected chi connectivity index (χ3v) is 3.17. The van der Waals surface area contributed by atoms with E-state index in [1.54, 1.807) is 30.5 Å². The zero-order valence-corrected chi connectivity index (χ0v) is 12.3. The van der Waals surface area contributed by atoms with Gasteiger partial charge in [0, 0.05) is 24.0 Å². The predicted molar refractivity (Wildman–Crippen MR) is 82.8 cm³/mol. The Balaban J connectivity index is 2.26. The summed E-state index contributed by atoms with van der Waals surface area (Å²) in [5.41, 5.74) is 1.64. The number of halogens is 2. The molecule has 0 aliphatic carbocycles. The zero-order chi connectivity index (χ0) is 14.5. The number of hydrogen-bond donors (Lipinski definition) is 2. The van der Waals surface area contributed by atoms with E-state index in [4.69, 9.17) is 23.2 Å². The highest BCUT2D eigenvalue weighted by molar-refractivity contribution is 6.36. The Labute approximate surface area is 127 Å². The van der Waals surface area contributed by atoms with Crippen molar-refractivity contribution >= 4 is 40.5 Å². The van der Waals surface area contributed by atoms with Crippen molar-refractivity contribution in [3.63, 3.8) is 0 Å². The van der Waals surface area contributed by atoms with E-state index in [9.17, 15) is 4.79 Å². The van der Waals surface area contributed by atoms with E-state index >= 15 is 0 Å². The van der Waals surface area contributed by atoms with Crippen molar-refractivity contribution in [2.45, 2.75) is 6.92 Å². The first-order valence-electron chi connectivity index (χ1n) is 6.06. The van der Waals surface area contributed by atoms with E-state index in [1.807, 2.05) is 6.92 Å². The number of pyridine rings is 1. The number of rotatable bonds is 4. The molecule has 20 heavy (non-hydrogen) atoms. The predicted octanol–water partition coefficient (Wildman–Crippen LogP) is 4.07. The third kappa shape index (κ3) is 3.40. The summed E-state index contributed by atoms with van der Waals surface area (Å²) >= 11 is 11.9. The molecule has 0 bridgehead atoms. The summed E-state index contributed by atoms with van der Waals surface area (Å²) in [5.74, 6) is -0.293. The number of amides is 1. The van der Waals surface area contributed by atoms with Gasteiger partial charge in [-0.05, 0) is 31.2 Å². The van der Waals surface area contributed by atoms with E-state index in [-0.39, 0.29) is 5.91 Å². The molecule has 2 aromatic rings. The van der Waals surface area contributed by atoms with E-state index in [2.05, 4.69) is 15.6 Å². The van der Waals surface area contributed by atoms with Gasteiger partial charge in [-0.15, -0.1) is 0 Å². The van der Waals surface area contributed by atoms with Crippen molar-refractivity contribution < 1.29 is 4.79 Å². The Morgan fingerprint density at radius 1 is 1.25 bits per heavy atom. The first kappa shape index (κ1) is 14.6. The fourth-order valence-electron chi connectivity index (χ4n) is 1.70. The molecule has 4 nitrogen and oxygen atoms in total. The molecule has 104 valence electrons. The van der Waals surface area contributed by atoms with Crippen LogP contribution >= 0.6 is 23.2 Å². The van der Waals surface area contributed by atoms with Crippen LogP contribution in [0.2, 0.25) is 10.0 Å². The molecule has 0 aliphatic heterocycles. The first-order chi connectivity index (χ1) is 9.61. The van der Waals surface area contributed by atoms with Crippen LogP contribution < -0.4 is 10.6 Å². The molecular formula is C14H13Cl2N3O. The third-order valence-electron chi connectivity index (χ3n) is 2.61. The largest absolute Gasteiger partial charge is 0.385 e. The van der Waals surface area contributed by atoms with Crippen LogP contribution in [0.25, 0.3) is 0 Å². The van der Waals surface area contributed by atoms with E-state index < -0.39 is 0 Å². The highest BCUT2D eigenvalue weighted by atomic mass is 35.5. The molecule has 0 fully saturated rings. The molecular weight excluding hydrogens is 297 g/mol. The average molecular weight is 310 g/mol. The molecule has 1 amide bonds. The Morgan fingerprint density at radius 2 is 2.05 bits per heavy atom. The van der Waals surface area contributed by atoms with Gasteiger partial charge < -0.3 is 10.6 Å². The summed E-state index contributed by atoms with van der Waals surface area (Å²) < 4.78 is 0. The molecule has 0 atom stereocenters. The van der Waals surface area contributed by atoms with Gasteiger partial charge in [-0.1, -0.05) is 23.2 Å². The normalized spacial score (nSPS) is 10.2. The summed E-state index contributed by atoms with van der Waals surface area (Å²) in [6.07, 6.45) is 3.13. The number of benzene rings is 1. The summed E-state index contributed by atoms with van der Waals surface area (Å²) in [5, 5.41) is 6.77. The van der Waals surface area contributed by atoms with Gasteiger partial charge >= 0.3 is 0 Å². The van der Waals surface area contributed by atoms with Crippen LogP contribution in [0, 0.1) is 0 Å². The number of carbonyl (C=O) groups excluding carboxylic acids is 1. The first-order valence-corrected chi connectivity index (χ1v) is 6.81. The molecule has 0 unspecified atom stereocenters. The van der Waals surface area contributed by atoms with Crippen molar-refractivity contribution in [3.05, 3.63) is 52.3 Å². The summed E-state index contributed by atoms with van der Waals surface area (Å²) in [6, 6.07) is 6.64. The minimum Gasteiger partial charge on any atom is -0.385 e. The van der Waals surface area contributed by atoms with Gasteiger partial charge in [-0.25, -0.2) is 0 Å². The number of aromatic nitrogens is 1. The maximum atomic E-state index is 12.3. The lowest BCUT2D eigenvalue weighted by Crippen LogP contribution is -2.15. The highest BCUT2D eigenvalue weighted by Crippen LogP contribution is 2.26. The molecule has 1 aromatic heterocycles. The molecule has 0 radical (unpaired) electrons. The molecule has 1 aromatic carbocycles. The summed E-state index contributed by atoms with van der Waals surface area (Å²) in [7, 11) is 0. The average Bonchev–Trinajstić information content (AvgIpc) is 2.44. The number of nitrogens with zero attached hydrogens (tertiary/aromatic N) is 1. The van der Waals surface area contributed by atoms with Gasteiger partial charge in [0.15, 0.2) is 0 Å². The molecule has 0 saturated carbocycles. The van der Waals surface area contributed by atoms with Crippen LogP contribution in [0.3, 0.4) is 0 Å². The smallest absolute Gasteiger partial charge is 0.259 e. The number of carbonyl (C=O) groups is 1. The summed E-state index contributed by atoms with van der Waals surface area (Å²) in [4.78, 5) is 16.3. The van der Waals surface area contributed by atoms with Crippen molar-refractivity contribution in [3.8, 4) is 0 Å². The zero-order valence-electron chi connectivity index (χ0n) is 10.8. The summed E-state index contributed by atoms with van der Waals surface area (Å²) in [6.45, 7) is 2.66. The molecule has 1 heterocycles. The van der Waals surface area contributed by atoms with Gasteiger partial charge in [0.25, 0.3) is 5.91 Å². The van der Waals surface area contributed by atoms with Crippen LogP contribution in [-0.2, 0) is 0 Å². The molecule has 2 N–H and O–H groups in total. The van der Waals surface area contributed by atoms with Gasteiger partial charge in [-0.3, -0.25) is 9.78 Å². The van der Waals surface area contributed by atoms with E-state index in [0.29, 0.717) is 27.8 Å². The second-order valence-electron chi connectivity index (χ2n) is 4.03. The monoisotopic (exact) mass is 309 g/mol.